The van der Waals surface area contributed by atoms with E-state index >= 15 is 0 Å². The minimum absolute atomic E-state index is 0.268. The number of aromatic amines is 1. The van der Waals surface area contributed by atoms with Crippen LogP contribution in [0, 0.1) is 0 Å². The highest BCUT2D eigenvalue weighted by atomic mass is 32.2. The van der Waals surface area contributed by atoms with Crippen molar-refractivity contribution in [2.75, 3.05) is 7.11 Å². The van der Waals surface area contributed by atoms with E-state index in [1.54, 1.807) is 0 Å². The van der Waals surface area contributed by atoms with Gasteiger partial charge in [0.25, 0.3) is 0 Å². The van der Waals surface area contributed by atoms with Crippen LogP contribution in [0.5, 0.6) is 0 Å². The molecule has 0 radical (unpaired) electrons. The monoisotopic (exact) mass is 307 g/mol. The van der Waals surface area contributed by atoms with E-state index in [2.05, 4.69) is 10.2 Å². The van der Waals surface area contributed by atoms with Crippen molar-refractivity contribution in [2.24, 2.45) is 0 Å². The number of esters is 1. The Morgan fingerprint density at radius 1 is 1.43 bits per heavy atom. The van der Waals surface area contributed by atoms with E-state index in [0.717, 1.165) is 12.0 Å². The number of thioether (sulfide) groups is 1. The van der Waals surface area contributed by atoms with Crippen molar-refractivity contribution in [1.29, 1.82) is 0 Å². The molecule has 1 aromatic carbocycles. The second-order valence-electron chi connectivity index (χ2n) is 4.39. The maximum Gasteiger partial charge on any atom is 0.343 e. The number of rotatable bonds is 6. The Morgan fingerprint density at radius 2 is 2.14 bits per heavy atom. The lowest BCUT2D eigenvalue weighted by molar-refractivity contribution is -0.140. The second kappa shape index (κ2) is 7.12. The topological polar surface area (TPSA) is 77.0 Å². The van der Waals surface area contributed by atoms with Gasteiger partial charge in [-0.2, -0.15) is 0 Å². The van der Waals surface area contributed by atoms with Crippen molar-refractivity contribution < 1.29 is 9.53 Å². The number of H-pyrrole nitrogens is 1. The maximum atomic E-state index is 12.0. The summed E-state index contributed by atoms with van der Waals surface area (Å²) < 4.78 is 6.39. The zero-order valence-corrected chi connectivity index (χ0v) is 12.7. The summed E-state index contributed by atoms with van der Waals surface area (Å²) >= 11 is 1.21. The zero-order valence-electron chi connectivity index (χ0n) is 11.9. The van der Waals surface area contributed by atoms with Crippen LogP contribution in [0.3, 0.4) is 0 Å². The van der Waals surface area contributed by atoms with Crippen molar-refractivity contribution >= 4 is 17.7 Å². The first-order valence-corrected chi connectivity index (χ1v) is 7.50. The Balaban J connectivity index is 2.32. The molecule has 0 saturated carbocycles. The summed E-state index contributed by atoms with van der Waals surface area (Å²) in [5.41, 5.74) is 0.545. The van der Waals surface area contributed by atoms with E-state index in [0.29, 0.717) is 11.7 Å². The van der Waals surface area contributed by atoms with Crippen LogP contribution in [0.4, 0.5) is 0 Å². The van der Waals surface area contributed by atoms with Crippen LogP contribution in [0.1, 0.15) is 24.2 Å². The van der Waals surface area contributed by atoms with Crippen LogP contribution in [-0.4, -0.2) is 27.8 Å². The molecule has 2 rings (SSSR count). The number of benzene rings is 1. The smallest absolute Gasteiger partial charge is 0.343 e. The molecule has 0 fully saturated rings. The lowest BCUT2D eigenvalue weighted by Crippen LogP contribution is -2.18. The van der Waals surface area contributed by atoms with E-state index < -0.39 is 5.25 Å². The third-order valence-electron chi connectivity index (χ3n) is 2.91. The van der Waals surface area contributed by atoms with E-state index in [9.17, 15) is 9.59 Å². The van der Waals surface area contributed by atoms with Gasteiger partial charge in [0.05, 0.1) is 7.11 Å². The van der Waals surface area contributed by atoms with Crippen molar-refractivity contribution in [1.82, 2.24) is 14.8 Å². The molecule has 1 aromatic heterocycles. The summed E-state index contributed by atoms with van der Waals surface area (Å²) in [5.74, 6) is -0.371. The first-order chi connectivity index (χ1) is 10.2. The largest absolute Gasteiger partial charge is 0.468 e. The molecule has 0 amide bonds. The molecule has 21 heavy (non-hydrogen) atoms. The fourth-order valence-electron chi connectivity index (χ4n) is 1.91. The molecule has 0 aliphatic carbocycles. The van der Waals surface area contributed by atoms with Gasteiger partial charge >= 0.3 is 11.7 Å². The van der Waals surface area contributed by atoms with Crippen LogP contribution < -0.4 is 5.69 Å². The SMILES string of the molecule is CCCn1c(SC(C(=O)OC)c2ccccc2)n[nH]c1=O. The Hall–Kier alpha value is -2.02. The minimum atomic E-state index is -0.554. The molecule has 2 aromatic rings. The first-order valence-electron chi connectivity index (χ1n) is 6.62. The van der Waals surface area contributed by atoms with Gasteiger partial charge in [-0.3, -0.25) is 9.36 Å². The van der Waals surface area contributed by atoms with Gasteiger partial charge < -0.3 is 4.74 Å². The van der Waals surface area contributed by atoms with Crippen molar-refractivity contribution in [3.8, 4) is 0 Å². The number of hydrogen-bond acceptors (Lipinski definition) is 5. The minimum Gasteiger partial charge on any atom is -0.468 e. The van der Waals surface area contributed by atoms with Gasteiger partial charge in [0.15, 0.2) is 5.16 Å². The Labute approximate surface area is 126 Å². The molecule has 1 unspecified atom stereocenters. The molecule has 0 bridgehead atoms. The van der Waals surface area contributed by atoms with Crippen molar-refractivity contribution in [2.45, 2.75) is 30.3 Å². The molecular weight excluding hydrogens is 290 g/mol. The Bertz CT molecular complexity index is 651. The zero-order chi connectivity index (χ0) is 15.2. The molecule has 6 nitrogen and oxygen atoms in total. The van der Waals surface area contributed by atoms with E-state index in [1.807, 2.05) is 37.3 Å². The normalized spacial score (nSPS) is 12.1. The molecule has 0 aliphatic rings. The number of carbonyl (C=O) groups is 1. The molecule has 7 heteroatoms. The van der Waals surface area contributed by atoms with Gasteiger partial charge in [0.1, 0.15) is 5.25 Å². The number of nitrogens with one attached hydrogen (secondary N) is 1. The first kappa shape index (κ1) is 15.4. The number of carbonyl (C=O) groups excluding carboxylic acids is 1. The highest BCUT2D eigenvalue weighted by Crippen LogP contribution is 2.34. The summed E-state index contributed by atoms with van der Waals surface area (Å²) in [6.07, 6.45) is 0.807. The van der Waals surface area contributed by atoms with Crippen LogP contribution in [0.2, 0.25) is 0 Å². The molecule has 1 N–H and O–H groups in total. The lowest BCUT2D eigenvalue weighted by Gasteiger charge is -2.14. The molecular formula is C14H17N3O3S. The van der Waals surface area contributed by atoms with Crippen LogP contribution in [-0.2, 0) is 16.1 Å². The number of aromatic nitrogens is 3. The maximum absolute atomic E-state index is 12.0. The fraction of sp³-hybridized carbons (Fsp3) is 0.357. The third-order valence-corrected chi connectivity index (χ3v) is 4.13. The Kier molecular flexibility index (Phi) is 5.21. The Morgan fingerprint density at radius 3 is 2.76 bits per heavy atom. The summed E-state index contributed by atoms with van der Waals surface area (Å²) in [5, 5.41) is 6.35. The number of nitrogens with zero attached hydrogens (tertiary/aromatic N) is 2. The number of hydrogen-bond donors (Lipinski definition) is 1. The molecule has 0 aliphatic heterocycles. The van der Waals surface area contributed by atoms with Gasteiger partial charge in [-0.15, -0.1) is 5.10 Å². The van der Waals surface area contributed by atoms with E-state index in [1.165, 1.54) is 23.4 Å². The summed E-state index contributed by atoms with van der Waals surface area (Å²) in [6, 6.07) is 9.29. The molecule has 1 heterocycles. The molecule has 0 saturated heterocycles. The van der Waals surface area contributed by atoms with Gasteiger partial charge in [0.2, 0.25) is 0 Å². The lowest BCUT2D eigenvalue weighted by atomic mass is 10.1. The van der Waals surface area contributed by atoms with Gasteiger partial charge in [0, 0.05) is 6.54 Å². The summed E-state index contributed by atoms with van der Waals surface area (Å²) in [6.45, 7) is 2.53. The van der Waals surface area contributed by atoms with Crippen molar-refractivity contribution in [3.63, 3.8) is 0 Å². The molecule has 0 spiro atoms. The number of methoxy groups -OCH3 is 1. The third kappa shape index (κ3) is 3.55. The molecule has 1 atom stereocenters. The average Bonchev–Trinajstić information content (AvgIpc) is 2.86. The highest BCUT2D eigenvalue weighted by molar-refractivity contribution is 8.00. The standard InChI is InChI=1S/C14H17N3O3S/c1-3-9-17-13(19)15-16-14(17)21-11(12(18)20-2)10-7-5-4-6-8-10/h4-8,11H,3,9H2,1-2H3,(H,15,19). The average molecular weight is 307 g/mol. The van der Waals surface area contributed by atoms with E-state index in [4.69, 9.17) is 4.74 Å². The summed E-state index contributed by atoms with van der Waals surface area (Å²) in [4.78, 5) is 23.7. The van der Waals surface area contributed by atoms with Crippen LogP contribution in [0.25, 0.3) is 0 Å². The van der Waals surface area contributed by atoms with Gasteiger partial charge in [-0.05, 0) is 12.0 Å². The number of ether oxygens (including phenoxy) is 1. The van der Waals surface area contributed by atoms with E-state index in [-0.39, 0.29) is 11.7 Å². The predicted octanol–water partition coefficient (Wildman–Crippen LogP) is 1.99. The van der Waals surface area contributed by atoms with Crippen LogP contribution in [0.15, 0.2) is 40.3 Å². The summed E-state index contributed by atoms with van der Waals surface area (Å²) in [7, 11) is 1.35. The quantitative estimate of drug-likeness (QED) is 0.652. The van der Waals surface area contributed by atoms with Crippen molar-refractivity contribution in [3.05, 3.63) is 46.4 Å². The predicted molar refractivity (Wildman–Crippen MR) is 80.2 cm³/mol. The van der Waals surface area contributed by atoms with Gasteiger partial charge in [-0.1, -0.05) is 49.0 Å². The molecule has 112 valence electrons. The van der Waals surface area contributed by atoms with Crippen LogP contribution >= 0.6 is 11.8 Å². The fourth-order valence-corrected chi connectivity index (χ4v) is 3.00. The van der Waals surface area contributed by atoms with Gasteiger partial charge in [-0.25, -0.2) is 9.89 Å². The highest BCUT2D eigenvalue weighted by Gasteiger charge is 2.25. The second-order valence-corrected chi connectivity index (χ2v) is 5.47.